The molecule has 0 radical (unpaired) electrons. The van der Waals surface area contributed by atoms with Gasteiger partial charge in [-0.1, -0.05) is 6.58 Å². The molecule has 1 N–H and O–H groups in total. The van der Waals surface area contributed by atoms with Crippen molar-refractivity contribution in [2.75, 3.05) is 6.61 Å². The second-order valence-corrected chi connectivity index (χ2v) is 3.48. The zero-order valence-corrected chi connectivity index (χ0v) is 9.17. The van der Waals surface area contributed by atoms with E-state index in [4.69, 9.17) is 5.11 Å². The standard InChI is InChI=1S/C8H10F2O5S/c1-3-5(11)15-7(2,6(12)13)14-4-8(9,10)16/h3,16H,1,4H2,2H3,(H,12,13). The third-order valence-electron chi connectivity index (χ3n) is 1.37. The maximum atomic E-state index is 12.3. The molecule has 92 valence electrons. The predicted octanol–water partition coefficient (Wildman–Crippen LogP) is 1.06. The van der Waals surface area contributed by atoms with Crippen LogP contribution in [0.5, 0.6) is 0 Å². The molecule has 1 atom stereocenters. The molecule has 0 aliphatic carbocycles. The van der Waals surface area contributed by atoms with Crippen molar-refractivity contribution < 1.29 is 33.0 Å². The first kappa shape index (κ1) is 14.8. The summed E-state index contributed by atoms with van der Waals surface area (Å²) in [6, 6.07) is 0. The lowest BCUT2D eigenvalue weighted by atomic mass is 10.3. The molecule has 0 aromatic carbocycles. The first-order valence-corrected chi connectivity index (χ1v) is 4.38. The highest BCUT2D eigenvalue weighted by Crippen LogP contribution is 2.23. The fourth-order valence-corrected chi connectivity index (χ4v) is 0.658. The first-order valence-electron chi connectivity index (χ1n) is 3.93. The number of carbonyl (C=O) groups is 2. The van der Waals surface area contributed by atoms with Crippen molar-refractivity contribution in [1.29, 1.82) is 0 Å². The second kappa shape index (κ2) is 5.26. The topological polar surface area (TPSA) is 72.8 Å². The van der Waals surface area contributed by atoms with Gasteiger partial charge in [-0.15, -0.1) is 12.6 Å². The summed E-state index contributed by atoms with van der Waals surface area (Å²) in [6.45, 7) is 2.53. The molecule has 0 saturated heterocycles. The maximum Gasteiger partial charge on any atom is 0.377 e. The quantitative estimate of drug-likeness (QED) is 0.322. The maximum absolute atomic E-state index is 12.3. The number of rotatable bonds is 6. The SMILES string of the molecule is C=CC(=O)OC(C)(OCC(F)(F)S)C(=O)O. The van der Waals surface area contributed by atoms with E-state index >= 15 is 0 Å². The monoisotopic (exact) mass is 256 g/mol. The van der Waals surface area contributed by atoms with Crippen LogP contribution in [0.3, 0.4) is 0 Å². The van der Waals surface area contributed by atoms with Crippen molar-refractivity contribution in [2.45, 2.75) is 18.0 Å². The van der Waals surface area contributed by atoms with Gasteiger partial charge >= 0.3 is 23.0 Å². The van der Waals surface area contributed by atoms with Crippen molar-refractivity contribution in [3.05, 3.63) is 12.7 Å². The summed E-state index contributed by atoms with van der Waals surface area (Å²) in [4.78, 5) is 21.4. The minimum absolute atomic E-state index is 0.684. The van der Waals surface area contributed by atoms with Crippen molar-refractivity contribution in [2.24, 2.45) is 0 Å². The highest BCUT2D eigenvalue weighted by molar-refractivity contribution is 7.81. The molecule has 5 nitrogen and oxygen atoms in total. The molecule has 0 fully saturated rings. The largest absolute Gasteiger partial charge is 0.476 e. The van der Waals surface area contributed by atoms with Crippen molar-refractivity contribution in [1.82, 2.24) is 0 Å². The molecule has 0 spiro atoms. The number of aliphatic carboxylic acids is 1. The van der Waals surface area contributed by atoms with Crippen molar-refractivity contribution in [3.8, 4) is 0 Å². The van der Waals surface area contributed by atoms with E-state index < -0.39 is 29.6 Å². The number of carbonyl (C=O) groups excluding carboxylic acids is 1. The Bertz CT molecular complexity index is 301. The summed E-state index contributed by atoms with van der Waals surface area (Å²) in [5, 5.41) is 5.14. The predicted molar refractivity (Wildman–Crippen MR) is 52.2 cm³/mol. The number of halogens is 2. The molecule has 1 unspecified atom stereocenters. The highest BCUT2D eigenvalue weighted by Gasteiger charge is 2.41. The van der Waals surface area contributed by atoms with E-state index in [9.17, 15) is 18.4 Å². The van der Waals surface area contributed by atoms with Crippen molar-refractivity contribution in [3.63, 3.8) is 0 Å². The Hall–Kier alpha value is -1.15. The smallest absolute Gasteiger partial charge is 0.377 e. The van der Waals surface area contributed by atoms with Gasteiger partial charge in [0.1, 0.15) is 6.61 Å². The molecule has 16 heavy (non-hydrogen) atoms. The van der Waals surface area contributed by atoms with E-state index in [0.717, 1.165) is 6.92 Å². The van der Waals surface area contributed by atoms with Gasteiger partial charge < -0.3 is 14.6 Å². The van der Waals surface area contributed by atoms with Gasteiger partial charge in [0, 0.05) is 13.0 Å². The minimum atomic E-state index is -3.53. The number of carboxylic acids is 1. The lowest BCUT2D eigenvalue weighted by Crippen LogP contribution is -2.44. The summed E-state index contributed by atoms with van der Waals surface area (Å²) >= 11 is 2.84. The number of hydrogen-bond donors (Lipinski definition) is 2. The summed E-state index contributed by atoms with van der Waals surface area (Å²) in [7, 11) is 0. The Morgan fingerprint density at radius 1 is 1.56 bits per heavy atom. The lowest BCUT2D eigenvalue weighted by Gasteiger charge is -2.25. The molecular weight excluding hydrogens is 246 g/mol. The Morgan fingerprint density at radius 2 is 2.06 bits per heavy atom. The molecule has 0 aliphatic heterocycles. The van der Waals surface area contributed by atoms with Crippen molar-refractivity contribution >= 4 is 24.6 Å². The number of hydrogen-bond acceptors (Lipinski definition) is 5. The lowest BCUT2D eigenvalue weighted by molar-refractivity contribution is -0.239. The average Bonchev–Trinajstić information content (AvgIpc) is 2.13. The van der Waals surface area contributed by atoms with E-state index in [-0.39, 0.29) is 0 Å². The van der Waals surface area contributed by atoms with Crippen LogP contribution in [0.25, 0.3) is 0 Å². The number of carboxylic acid groups (broad SMARTS) is 1. The first-order chi connectivity index (χ1) is 7.10. The fraction of sp³-hybridized carbons (Fsp3) is 0.500. The van der Waals surface area contributed by atoms with Crippen LogP contribution in [0.4, 0.5) is 8.78 Å². The van der Waals surface area contributed by atoms with Gasteiger partial charge in [0.05, 0.1) is 0 Å². The van der Waals surface area contributed by atoms with Crippen LogP contribution in [-0.4, -0.2) is 34.7 Å². The summed E-state index contributed by atoms with van der Waals surface area (Å²) < 4.78 is 33.3. The Kier molecular flexibility index (Phi) is 4.88. The molecular formula is C8H10F2O5S. The van der Waals surface area contributed by atoms with Gasteiger partial charge in [0.2, 0.25) is 0 Å². The van der Waals surface area contributed by atoms with E-state index in [1.807, 2.05) is 0 Å². The van der Waals surface area contributed by atoms with E-state index in [2.05, 4.69) is 28.7 Å². The molecule has 0 amide bonds. The zero-order valence-electron chi connectivity index (χ0n) is 8.27. The molecule has 8 heteroatoms. The normalized spacial score (nSPS) is 15.0. The Balaban J connectivity index is 4.64. The number of alkyl halides is 2. The van der Waals surface area contributed by atoms with Gasteiger partial charge in [0.15, 0.2) is 0 Å². The Morgan fingerprint density at radius 3 is 2.38 bits per heavy atom. The third kappa shape index (κ3) is 5.08. The minimum Gasteiger partial charge on any atom is -0.476 e. The van der Waals surface area contributed by atoms with E-state index in [1.54, 1.807) is 0 Å². The van der Waals surface area contributed by atoms with Crippen LogP contribution in [0.15, 0.2) is 12.7 Å². The zero-order chi connectivity index (χ0) is 13.0. The van der Waals surface area contributed by atoms with E-state index in [0.29, 0.717) is 6.08 Å². The summed E-state index contributed by atoms with van der Waals surface area (Å²) in [5.41, 5.74) is 0. The number of thiol groups is 1. The molecule has 0 rings (SSSR count). The van der Waals surface area contributed by atoms with Gasteiger partial charge in [-0.05, 0) is 0 Å². The summed E-state index contributed by atoms with van der Waals surface area (Å²) in [5.74, 6) is -5.33. The number of esters is 1. The summed E-state index contributed by atoms with van der Waals surface area (Å²) in [6.07, 6.45) is 0.684. The third-order valence-corrected chi connectivity index (χ3v) is 1.50. The second-order valence-electron chi connectivity index (χ2n) is 2.83. The highest BCUT2D eigenvalue weighted by atomic mass is 32.1. The molecule has 0 aliphatic rings. The van der Waals surface area contributed by atoms with E-state index in [1.165, 1.54) is 0 Å². The van der Waals surface area contributed by atoms with Gasteiger partial charge in [0.25, 0.3) is 0 Å². The van der Waals surface area contributed by atoms with Crippen LogP contribution < -0.4 is 0 Å². The van der Waals surface area contributed by atoms with Gasteiger partial charge in [-0.2, -0.15) is 8.78 Å². The molecule has 0 bridgehead atoms. The van der Waals surface area contributed by atoms with Gasteiger partial charge in [-0.3, -0.25) is 0 Å². The van der Waals surface area contributed by atoms with Crippen LogP contribution in [0.2, 0.25) is 0 Å². The molecule has 0 saturated carbocycles. The van der Waals surface area contributed by atoms with Crippen LogP contribution in [0.1, 0.15) is 6.92 Å². The van der Waals surface area contributed by atoms with Crippen LogP contribution in [0, 0.1) is 0 Å². The fourth-order valence-electron chi connectivity index (χ4n) is 0.593. The number of ether oxygens (including phenoxy) is 2. The Labute approximate surface area is 95.4 Å². The molecule has 0 aromatic rings. The van der Waals surface area contributed by atoms with Gasteiger partial charge in [-0.25, -0.2) is 9.59 Å². The van der Waals surface area contributed by atoms with Crippen LogP contribution >= 0.6 is 12.6 Å². The molecule has 0 aromatic heterocycles. The van der Waals surface area contributed by atoms with Crippen LogP contribution in [-0.2, 0) is 19.1 Å². The average molecular weight is 256 g/mol. The molecule has 0 heterocycles.